The Hall–Kier alpha value is -1.08. The van der Waals surface area contributed by atoms with Gasteiger partial charge in [-0.05, 0) is 47.7 Å². The molecule has 104 valence electrons. The van der Waals surface area contributed by atoms with Crippen molar-refractivity contribution in [2.24, 2.45) is 11.7 Å². The summed E-state index contributed by atoms with van der Waals surface area (Å²) in [6, 6.07) is 0.283. The smallest absolute Gasteiger partial charge is 0.255 e. The monoisotopic (exact) mass is 327 g/mol. The molecule has 1 aliphatic carbocycles. The molecule has 1 saturated heterocycles. The molecule has 6 nitrogen and oxygen atoms in total. The predicted molar refractivity (Wildman–Crippen MR) is 76.2 cm³/mol. The Bertz CT molecular complexity index is 491. The summed E-state index contributed by atoms with van der Waals surface area (Å²) in [5, 5.41) is 11.1. The van der Waals surface area contributed by atoms with Gasteiger partial charge in [-0.2, -0.15) is 5.10 Å². The van der Waals surface area contributed by atoms with Crippen molar-refractivity contribution in [1.29, 1.82) is 0 Å². The molecule has 1 aromatic heterocycles. The second-order valence-corrected chi connectivity index (χ2v) is 6.05. The van der Waals surface area contributed by atoms with Crippen molar-refractivity contribution >= 4 is 27.7 Å². The molecular formula is C12H18BrN5O. The van der Waals surface area contributed by atoms with E-state index in [2.05, 4.69) is 31.7 Å². The molecule has 4 N–H and O–H groups in total. The first-order chi connectivity index (χ1) is 9.16. The van der Waals surface area contributed by atoms with Gasteiger partial charge in [-0.15, -0.1) is 0 Å². The van der Waals surface area contributed by atoms with E-state index < -0.39 is 5.91 Å². The number of rotatable bonds is 5. The van der Waals surface area contributed by atoms with Crippen molar-refractivity contribution in [2.45, 2.75) is 25.3 Å². The lowest BCUT2D eigenvalue weighted by Crippen LogP contribution is -2.20. The molecule has 0 bridgehead atoms. The van der Waals surface area contributed by atoms with Crippen LogP contribution in [0.1, 0.15) is 35.7 Å². The number of anilines is 1. The number of halogens is 1. The van der Waals surface area contributed by atoms with Gasteiger partial charge in [0, 0.05) is 13.1 Å². The molecule has 7 heteroatoms. The number of primary amides is 1. The second kappa shape index (κ2) is 5.13. The Morgan fingerprint density at radius 1 is 1.53 bits per heavy atom. The van der Waals surface area contributed by atoms with Crippen molar-refractivity contribution in [3.05, 3.63) is 10.2 Å². The molecule has 2 aliphatic rings. The van der Waals surface area contributed by atoms with Crippen LogP contribution in [0, 0.1) is 5.92 Å². The summed E-state index contributed by atoms with van der Waals surface area (Å²) in [6.07, 6.45) is 3.54. The molecule has 2 fully saturated rings. The van der Waals surface area contributed by atoms with Gasteiger partial charge in [0.05, 0.1) is 6.04 Å². The quantitative estimate of drug-likeness (QED) is 0.756. The lowest BCUT2D eigenvalue weighted by Gasteiger charge is -2.15. The molecule has 1 amide bonds. The van der Waals surface area contributed by atoms with Crippen LogP contribution in [0.25, 0.3) is 0 Å². The number of amides is 1. The number of hydrogen-bond donors (Lipinski definition) is 3. The first-order valence-electron chi connectivity index (χ1n) is 6.69. The number of aromatic nitrogens is 2. The van der Waals surface area contributed by atoms with Gasteiger partial charge in [0.25, 0.3) is 5.91 Å². The maximum Gasteiger partial charge on any atom is 0.255 e. The average molecular weight is 328 g/mol. The second-order valence-electron chi connectivity index (χ2n) is 5.29. The molecular weight excluding hydrogens is 310 g/mol. The van der Waals surface area contributed by atoms with Crippen molar-refractivity contribution in [2.75, 3.05) is 25.0 Å². The number of nitrogens with two attached hydrogens (primary N) is 1. The van der Waals surface area contributed by atoms with E-state index in [9.17, 15) is 4.79 Å². The number of nitrogens with one attached hydrogen (secondary N) is 2. The fraction of sp³-hybridized carbons (Fsp3) is 0.667. The third-order valence-electron chi connectivity index (χ3n) is 3.75. The summed E-state index contributed by atoms with van der Waals surface area (Å²) in [5.41, 5.74) is 5.94. The van der Waals surface area contributed by atoms with E-state index in [1.807, 2.05) is 4.68 Å². The Kier molecular flexibility index (Phi) is 3.49. The maximum atomic E-state index is 11.6. The van der Waals surface area contributed by atoms with Gasteiger partial charge < -0.3 is 16.4 Å². The maximum absolute atomic E-state index is 11.6. The molecule has 0 spiro atoms. The number of nitrogens with zero attached hydrogens (tertiary/aromatic N) is 2. The minimum absolute atomic E-state index is 0.283. The highest BCUT2D eigenvalue weighted by Gasteiger charge is 2.28. The minimum Gasteiger partial charge on any atom is -0.369 e. The van der Waals surface area contributed by atoms with E-state index in [1.54, 1.807) is 0 Å². The van der Waals surface area contributed by atoms with Gasteiger partial charge in [-0.1, -0.05) is 0 Å². The number of hydrogen-bond acceptors (Lipinski definition) is 4. The molecule has 1 aliphatic heterocycles. The largest absolute Gasteiger partial charge is 0.369 e. The molecule has 19 heavy (non-hydrogen) atoms. The fourth-order valence-electron chi connectivity index (χ4n) is 2.47. The van der Waals surface area contributed by atoms with Crippen LogP contribution in [0.15, 0.2) is 4.60 Å². The van der Waals surface area contributed by atoms with E-state index >= 15 is 0 Å². The van der Waals surface area contributed by atoms with Gasteiger partial charge in [-0.3, -0.25) is 4.79 Å². The van der Waals surface area contributed by atoms with E-state index in [0.717, 1.165) is 37.8 Å². The van der Waals surface area contributed by atoms with Crippen LogP contribution in [0.2, 0.25) is 0 Å². The zero-order valence-corrected chi connectivity index (χ0v) is 12.2. The van der Waals surface area contributed by atoms with Crippen LogP contribution in [0.3, 0.4) is 0 Å². The first-order valence-corrected chi connectivity index (χ1v) is 7.48. The summed E-state index contributed by atoms with van der Waals surface area (Å²) in [4.78, 5) is 11.6. The van der Waals surface area contributed by atoms with Crippen LogP contribution >= 0.6 is 15.9 Å². The third-order valence-corrected chi connectivity index (χ3v) is 4.30. The van der Waals surface area contributed by atoms with Crippen molar-refractivity contribution in [1.82, 2.24) is 15.1 Å². The molecule has 0 radical (unpaired) electrons. The van der Waals surface area contributed by atoms with Gasteiger partial charge in [0.2, 0.25) is 0 Å². The average Bonchev–Trinajstić information content (AvgIpc) is 2.91. The highest BCUT2D eigenvalue weighted by Crippen LogP contribution is 2.32. The van der Waals surface area contributed by atoms with Crippen molar-refractivity contribution < 1.29 is 4.79 Å². The van der Waals surface area contributed by atoms with Crippen LogP contribution in [0.5, 0.6) is 0 Å². The molecule has 3 rings (SSSR count). The van der Waals surface area contributed by atoms with Gasteiger partial charge in [0.15, 0.2) is 0 Å². The van der Waals surface area contributed by atoms with Gasteiger partial charge in [-0.25, -0.2) is 4.68 Å². The van der Waals surface area contributed by atoms with Crippen molar-refractivity contribution in [3.8, 4) is 0 Å². The Balaban J connectivity index is 1.91. The molecule has 1 saturated carbocycles. The highest BCUT2D eigenvalue weighted by atomic mass is 79.9. The SMILES string of the molecule is NC(=O)c1c(Br)nn([C@H]2CCNC2)c1NCC1CC1. The molecule has 1 aromatic rings. The zero-order chi connectivity index (χ0) is 13.4. The van der Waals surface area contributed by atoms with Crippen LogP contribution in [-0.4, -0.2) is 35.3 Å². The van der Waals surface area contributed by atoms with Crippen LogP contribution in [0.4, 0.5) is 5.82 Å². The molecule has 2 heterocycles. The van der Waals surface area contributed by atoms with Crippen LogP contribution < -0.4 is 16.4 Å². The Morgan fingerprint density at radius 3 is 2.89 bits per heavy atom. The van der Waals surface area contributed by atoms with E-state index in [0.29, 0.717) is 10.2 Å². The lowest BCUT2D eigenvalue weighted by molar-refractivity contribution is 0.100. The zero-order valence-electron chi connectivity index (χ0n) is 10.7. The number of carbonyl (C=O) groups is 1. The van der Waals surface area contributed by atoms with Gasteiger partial charge >= 0.3 is 0 Å². The molecule has 0 unspecified atom stereocenters. The number of carbonyl (C=O) groups excluding carboxylic acids is 1. The van der Waals surface area contributed by atoms with E-state index in [4.69, 9.17) is 5.73 Å². The minimum atomic E-state index is -0.442. The molecule has 0 aromatic carbocycles. The fourth-order valence-corrected chi connectivity index (χ4v) is 3.02. The lowest BCUT2D eigenvalue weighted by atomic mass is 10.2. The summed E-state index contributed by atoms with van der Waals surface area (Å²) >= 11 is 3.35. The van der Waals surface area contributed by atoms with Crippen molar-refractivity contribution in [3.63, 3.8) is 0 Å². The van der Waals surface area contributed by atoms with Crippen LogP contribution in [-0.2, 0) is 0 Å². The van der Waals surface area contributed by atoms with E-state index in [-0.39, 0.29) is 6.04 Å². The Labute approximate surface area is 120 Å². The highest BCUT2D eigenvalue weighted by molar-refractivity contribution is 9.10. The van der Waals surface area contributed by atoms with Gasteiger partial charge in [0.1, 0.15) is 16.0 Å². The summed E-state index contributed by atoms with van der Waals surface area (Å²) in [5.74, 6) is 1.05. The summed E-state index contributed by atoms with van der Waals surface area (Å²) in [6.45, 7) is 2.75. The van der Waals surface area contributed by atoms with E-state index in [1.165, 1.54) is 12.8 Å². The Morgan fingerprint density at radius 2 is 2.32 bits per heavy atom. The summed E-state index contributed by atoms with van der Waals surface area (Å²) < 4.78 is 2.44. The molecule has 1 atom stereocenters. The summed E-state index contributed by atoms with van der Waals surface area (Å²) in [7, 11) is 0. The first kappa shape index (κ1) is 12.9. The standard InChI is InChI=1S/C12H18BrN5O/c13-10-9(11(14)19)12(16-5-7-1-2-7)18(17-10)8-3-4-15-6-8/h7-8,15-16H,1-6H2,(H2,14,19)/t8-/m0/s1. The predicted octanol–water partition coefficient (Wildman–Crippen LogP) is 1.10. The normalized spacial score (nSPS) is 22.7. The third kappa shape index (κ3) is 2.62. The topological polar surface area (TPSA) is 85.0 Å².